The van der Waals surface area contributed by atoms with Gasteiger partial charge in [-0.15, -0.1) is 0 Å². The summed E-state index contributed by atoms with van der Waals surface area (Å²) in [7, 11) is 0. The van der Waals surface area contributed by atoms with Crippen LogP contribution in [0.2, 0.25) is 5.02 Å². The summed E-state index contributed by atoms with van der Waals surface area (Å²) in [5.74, 6) is -1.39. The van der Waals surface area contributed by atoms with Crippen molar-refractivity contribution >= 4 is 29.0 Å². The lowest BCUT2D eigenvalue weighted by atomic mass is 10.1. The molecule has 3 aromatic rings. The molecule has 0 aliphatic heterocycles. The summed E-state index contributed by atoms with van der Waals surface area (Å²) in [6.45, 7) is 0. The summed E-state index contributed by atoms with van der Waals surface area (Å²) in [6, 6.07) is 8.23. The summed E-state index contributed by atoms with van der Waals surface area (Å²) >= 11 is 5.99. The van der Waals surface area contributed by atoms with Gasteiger partial charge in [-0.1, -0.05) is 23.7 Å². The molecular formula is C16H12ClN3O4. The average Bonchev–Trinajstić information content (AvgIpc) is 3.01. The number of hydrogen-bond donors (Lipinski definition) is 2. The number of aliphatic hydroxyl groups excluding tert-OH is 1. The van der Waals surface area contributed by atoms with E-state index in [0.717, 1.165) is 0 Å². The van der Waals surface area contributed by atoms with Gasteiger partial charge in [0.25, 0.3) is 0 Å². The van der Waals surface area contributed by atoms with Gasteiger partial charge in [-0.25, -0.2) is 9.50 Å². The number of hydrogen-bond acceptors (Lipinski definition) is 5. The molecule has 0 saturated carbocycles. The number of aliphatic hydroxyl groups is 1. The van der Waals surface area contributed by atoms with Crippen LogP contribution in [0.3, 0.4) is 0 Å². The average molecular weight is 346 g/mol. The fraction of sp³-hybridized carbons (Fsp3) is 0.125. The second-order valence-corrected chi connectivity index (χ2v) is 5.55. The van der Waals surface area contributed by atoms with Crippen molar-refractivity contribution in [3.8, 4) is 11.3 Å². The van der Waals surface area contributed by atoms with Gasteiger partial charge in [0.05, 0.1) is 12.1 Å². The van der Waals surface area contributed by atoms with E-state index in [1.807, 2.05) is 0 Å². The van der Waals surface area contributed by atoms with Crippen LogP contribution < -0.4 is 10.6 Å². The number of benzene rings is 1. The first-order valence-electron chi connectivity index (χ1n) is 7.04. The van der Waals surface area contributed by atoms with Crippen LogP contribution >= 0.6 is 11.6 Å². The lowest BCUT2D eigenvalue weighted by Crippen LogP contribution is -2.30. The molecule has 0 unspecified atom stereocenters. The zero-order chi connectivity index (χ0) is 17.3. The number of fused-ring (bicyclic) bond motifs is 1. The van der Waals surface area contributed by atoms with Gasteiger partial charge < -0.3 is 10.2 Å². The van der Waals surface area contributed by atoms with Gasteiger partial charge in [-0.05, 0) is 12.1 Å². The minimum absolute atomic E-state index is 0.0421. The van der Waals surface area contributed by atoms with Gasteiger partial charge in [0, 0.05) is 23.1 Å². The second-order valence-electron chi connectivity index (χ2n) is 5.12. The first-order valence-corrected chi connectivity index (χ1v) is 7.42. The molecule has 0 amide bonds. The number of nitrogens with zero attached hydrogens (tertiary/aromatic N) is 3. The Labute approximate surface area is 140 Å². The molecule has 7 nitrogen and oxygen atoms in total. The summed E-state index contributed by atoms with van der Waals surface area (Å²) in [5, 5.41) is 23.4. The Kier molecular flexibility index (Phi) is 4.18. The molecule has 0 atom stereocenters. The molecule has 2 N–H and O–H groups in total. The predicted molar refractivity (Wildman–Crippen MR) is 87.8 cm³/mol. The van der Waals surface area contributed by atoms with Crippen molar-refractivity contribution in [2.24, 2.45) is 0 Å². The summed E-state index contributed by atoms with van der Waals surface area (Å²) in [6.07, 6.45) is 0.808. The molecule has 1 aromatic carbocycles. The van der Waals surface area contributed by atoms with Crippen LogP contribution in [0.5, 0.6) is 0 Å². The lowest BCUT2D eigenvalue weighted by molar-refractivity contribution is -0.136. The van der Waals surface area contributed by atoms with E-state index in [1.165, 1.54) is 16.9 Å². The minimum atomic E-state index is -1.07. The van der Waals surface area contributed by atoms with Crippen LogP contribution in [-0.4, -0.2) is 30.8 Å². The molecule has 0 bridgehead atoms. The molecule has 24 heavy (non-hydrogen) atoms. The van der Waals surface area contributed by atoms with Crippen LogP contribution in [-0.2, 0) is 4.79 Å². The standard InChI is InChI=1S/C16H12ClN3O4/c17-10-3-1-2-9(6-10)11-7-13(22)15(12(21)4-5-14(23)24)16-18-8-19-20(11)16/h1-3,6-8,21H,4-5H2,(H,23,24)/b15-12-. The molecule has 3 rings (SSSR count). The van der Waals surface area contributed by atoms with Crippen molar-refractivity contribution in [2.75, 3.05) is 0 Å². The van der Waals surface area contributed by atoms with E-state index in [1.54, 1.807) is 24.3 Å². The highest BCUT2D eigenvalue weighted by Crippen LogP contribution is 2.21. The van der Waals surface area contributed by atoms with E-state index >= 15 is 0 Å². The molecule has 0 aliphatic rings. The summed E-state index contributed by atoms with van der Waals surface area (Å²) < 4.78 is 1.42. The third-order valence-corrected chi connectivity index (χ3v) is 3.73. The van der Waals surface area contributed by atoms with Gasteiger partial charge in [0.15, 0.2) is 11.1 Å². The molecule has 0 radical (unpaired) electrons. The van der Waals surface area contributed by atoms with E-state index < -0.39 is 11.4 Å². The Morgan fingerprint density at radius 1 is 1.21 bits per heavy atom. The van der Waals surface area contributed by atoms with E-state index in [9.17, 15) is 14.7 Å². The normalized spacial score (nSPS) is 12.4. The lowest BCUT2D eigenvalue weighted by Gasteiger charge is -2.06. The fourth-order valence-electron chi connectivity index (χ4n) is 2.43. The first kappa shape index (κ1) is 15.9. The summed E-state index contributed by atoms with van der Waals surface area (Å²) in [5.41, 5.74) is 0.852. The number of aromatic nitrogens is 3. The van der Waals surface area contributed by atoms with Crippen LogP contribution in [0, 0.1) is 0 Å². The second kappa shape index (κ2) is 6.29. The van der Waals surface area contributed by atoms with Crippen molar-refractivity contribution in [1.82, 2.24) is 14.6 Å². The number of carboxylic acids is 1. The molecule has 2 aromatic heterocycles. The zero-order valence-electron chi connectivity index (χ0n) is 12.3. The Morgan fingerprint density at radius 3 is 2.71 bits per heavy atom. The van der Waals surface area contributed by atoms with Crippen LogP contribution in [0.25, 0.3) is 22.7 Å². The highest BCUT2D eigenvalue weighted by Gasteiger charge is 2.14. The largest absolute Gasteiger partial charge is 0.511 e. The quantitative estimate of drug-likeness (QED) is 0.745. The maximum atomic E-state index is 12.5. The van der Waals surface area contributed by atoms with Gasteiger partial charge in [0.1, 0.15) is 17.3 Å². The van der Waals surface area contributed by atoms with E-state index in [-0.39, 0.29) is 29.5 Å². The Bertz CT molecular complexity index is 1050. The van der Waals surface area contributed by atoms with Crippen molar-refractivity contribution in [3.05, 3.63) is 57.1 Å². The number of rotatable bonds is 4. The monoisotopic (exact) mass is 345 g/mol. The number of aliphatic carboxylic acids is 1. The minimum Gasteiger partial charge on any atom is -0.511 e. The maximum Gasteiger partial charge on any atom is 0.303 e. The van der Waals surface area contributed by atoms with Crippen molar-refractivity contribution < 1.29 is 15.0 Å². The molecule has 2 heterocycles. The molecule has 0 saturated heterocycles. The highest BCUT2D eigenvalue weighted by molar-refractivity contribution is 6.30. The number of pyridine rings is 1. The topological polar surface area (TPSA) is 105 Å². The SMILES string of the molecule is O=C(O)CC/C(O)=c1\c(=O)cc(-c2cccc(Cl)c2)n2ncnc12. The van der Waals surface area contributed by atoms with Gasteiger partial charge >= 0.3 is 5.97 Å². The Balaban J connectivity index is 2.26. The Morgan fingerprint density at radius 2 is 2.00 bits per heavy atom. The van der Waals surface area contributed by atoms with Gasteiger partial charge in [-0.3, -0.25) is 9.59 Å². The Hall–Kier alpha value is -2.93. The molecule has 0 spiro atoms. The van der Waals surface area contributed by atoms with Gasteiger partial charge in [-0.2, -0.15) is 5.10 Å². The third-order valence-electron chi connectivity index (χ3n) is 3.50. The zero-order valence-corrected chi connectivity index (χ0v) is 13.1. The van der Waals surface area contributed by atoms with Gasteiger partial charge in [0.2, 0.25) is 0 Å². The predicted octanol–water partition coefficient (Wildman–Crippen LogP) is 1.66. The van der Waals surface area contributed by atoms with E-state index in [2.05, 4.69) is 10.1 Å². The van der Waals surface area contributed by atoms with Crippen LogP contribution in [0.15, 0.2) is 41.5 Å². The number of carboxylic acid groups (broad SMARTS) is 1. The summed E-state index contributed by atoms with van der Waals surface area (Å²) in [4.78, 5) is 27.1. The molecular weight excluding hydrogens is 334 g/mol. The van der Waals surface area contributed by atoms with E-state index in [4.69, 9.17) is 16.7 Å². The van der Waals surface area contributed by atoms with E-state index in [0.29, 0.717) is 16.3 Å². The molecule has 0 fully saturated rings. The van der Waals surface area contributed by atoms with Crippen molar-refractivity contribution in [3.63, 3.8) is 0 Å². The molecule has 0 aliphatic carbocycles. The molecule has 122 valence electrons. The third kappa shape index (κ3) is 2.93. The van der Waals surface area contributed by atoms with Crippen LogP contribution in [0.4, 0.5) is 0 Å². The van der Waals surface area contributed by atoms with Crippen LogP contribution in [0.1, 0.15) is 12.8 Å². The number of halogens is 1. The number of carbonyl (C=O) groups is 1. The highest BCUT2D eigenvalue weighted by atomic mass is 35.5. The first-order chi connectivity index (χ1) is 11.5. The maximum absolute atomic E-state index is 12.5. The molecule has 8 heteroatoms. The fourth-order valence-corrected chi connectivity index (χ4v) is 2.62. The van der Waals surface area contributed by atoms with Crippen molar-refractivity contribution in [1.29, 1.82) is 0 Å². The smallest absolute Gasteiger partial charge is 0.303 e. The van der Waals surface area contributed by atoms with Crippen molar-refractivity contribution in [2.45, 2.75) is 12.8 Å².